The van der Waals surface area contributed by atoms with Gasteiger partial charge in [-0.2, -0.15) is 0 Å². The highest BCUT2D eigenvalue weighted by atomic mass is 16.6. The summed E-state index contributed by atoms with van der Waals surface area (Å²) in [5.74, 6) is -1.22. The van der Waals surface area contributed by atoms with Crippen molar-refractivity contribution in [3.05, 3.63) is 69.3 Å². The van der Waals surface area contributed by atoms with Crippen LogP contribution in [-0.2, 0) is 9.53 Å². The lowest BCUT2D eigenvalue weighted by Crippen LogP contribution is -2.32. The topological polar surface area (TPSA) is 111 Å². The van der Waals surface area contributed by atoms with Crippen molar-refractivity contribution >= 4 is 23.3 Å². The van der Waals surface area contributed by atoms with E-state index in [4.69, 9.17) is 4.74 Å². The van der Waals surface area contributed by atoms with Crippen molar-refractivity contribution in [3.63, 3.8) is 0 Å². The molecule has 1 atom stereocenters. The lowest BCUT2D eigenvalue weighted by atomic mass is 10.0. The number of nitro groups is 1. The van der Waals surface area contributed by atoms with Crippen LogP contribution in [0, 0.1) is 17.0 Å². The van der Waals surface area contributed by atoms with Crippen LogP contribution in [-0.4, -0.2) is 29.4 Å². The van der Waals surface area contributed by atoms with Crippen molar-refractivity contribution in [3.8, 4) is 0 Å². The summed E-state index contributed by atoms with van der Waals surface area (Å²) in [5, 5.41) is 17.2. The van der Waals surface area contributed by atoms with E-state index >= 15 is 0 Å². The molecule has 0 saturated heterocycles. The van der Waals surface area contributed by atoms with Crippen LogP contribution in [0.3, 0.4) is 0 Å². The van der Waals surface area contributed by atoms with E-state index < -0.39 is 23.4 Å². The molecule has 1 aliphatic rings. The number of amides is 1. The second-order valence-corrected chi connectivity index (χ2v) is 7.42. The van der Waals surface area contributed by atoms with Crippen molar-refractivity contribution in [2.45, 2.75) is 45.2 Å². The van der Waals surface area contributed by atoms with E-state index in [1.807, 2.05) is 38.1 Å². The van der Waals surface area contributed by atoms with E-state index in [1.165, 1.54) is 18.2 Å². The minimum atomic E-state index is -0.783. The van der Waals surface area contributed by atoms with Crippen molar-refractivity contribution < 1.29 is 19.2 Å². The molecule has 1 fully saturated rings. The molecule has 2 N–H and O–H groups in total. The van der Waals surface area contributed by atoms with E-state index in [-0.39, 0.29) is 23.3 Å². The Bertz CT molecular complexity index is 938. The molecule has 3 rings (SSSR count). The van der Waals surface area contributed by atoms with Crippen molar-refractivity contribution in [2.75, 3.05) is 11.9 Å². The van der Waals surface area contributed by atoms with Crippen LogP contribution in [0.1, 0.15) is 53.7 Å². The first-order valence-corrected chi connectivity index (χ1v) is 9.95. The summed E-state index contributed by atoms with van der Waals surface area (Å²) in [4.78, 5) is 35.3. The number of hydrogen-bond donors (Lipinski definition) is 2. The van der Waals surface area contributed by atoms with E-state index in [1.54, 1.807) is 0 Å². The van der Waals surface area contributed by atoms with Crippen LogP contribution in [0.4, 0.5) is 11.4 Å². The first-order valence-electron chi connectivity index (χ1n) is 9.95. The number of benzene rings is 2. The number of rotatable bonds is 9. The number of nitrogens with one attached hydrogen (secondary N) is 2. The molecular weight excluding hydrogens is 386 g/mol. The van der Waals surface area contributed by atoms with Crippen LogP contribution in [0.2, 0.25) is 0 Å². The molecule has 2 aromatic carbocycles. The van der Waals surface area contributed by atoms with Gasteiger partial charge in [-0.1, -0.05) is 36.8 Å². The third kappa shape index (κ3) is 5.56. The predicted octanol–water partition coefficient (Wildman–Crippen LogP) is 3.90. The number of hydrogen-bond acceptors (Lipinski definition) is 6. The average molecular weight is 411 g/mol. The Hall–Kier alpha value is -3.42. The highest BCUT2D eigenvalue weighted by molar-refractivity contribution is 5.93. The Morgan fingerprint density at radius 1 is 1.20 bits per heavy atom. The second-order valence-electron chi connectivity index (χ2n) is 7.42. The van der Waals surface area contributed by atoms with Crippen LogP contribution < -0.4 is 10.6 Å². The largest absolute Gasteiger partial charge is 0.452 e. The SMILES string of the molecule is CC[C@H](NC(=O)COC(=O)c1ccc(NC2CC2)c([N+](=O)[O-])c1)c1ccc(C)cc1. The number of nitro benzene ring substituents is 1. The summed E-state index contributed by atoms with van der Waals surface area (Å²) >= 11 is 0. The van der Waals surface area contributed by atoms with Crippen molar-refractivity contribution in [1.82, 2.24) is 5.32 Å². The molecular formula is C22H25N3O5. The molecule has 2 aromatic rings. The lowest BCUT2D eigenvalue weighted by Gasteiger charge is -2.17. The Morgan fingerprint density at radius 2 is 1.90 bits per heavy atom. The van der Waals surface area contributed by atoms with Crippen LogP contribution >= 0.6 is 0 Å². The quantitative estimate of drug-likeness (QED) is 0.368. The number of anilines is 1. The highest BCUT2D eigenvalue weighted by Gasteiger charge is 2.26. The maximum atomic E-state index is 12.3. The van der Waals surface area contributed by atoms with Gasteiger partial charge in [0.15, 0.2) is 6.61 Å². The summed E-state index contributed by atoms with van der Waals surface area (Å²) in [5.41, 5.74) is 2.31. The molecule has 0 radical (unpaired) electrons. The van der Waals surface area contributed by atoms with Gasteiger partial charge in [-0.3, -0.25) is 14.9 Å². The first-order chi connectivity index (χ1) is 14.4. The molecule has 0 unspecified atom stereocenters. The fourth-order valence-electron chi connectivity index (χ4n) is 3.05. The fraction of sp³-hybridized carbons (Fsp3) is 0.364. The molecule has 1 amide bonds. The molecule has 0 aliphatic heterocycles. The standard InChI is InChI=1S/C22H25N3O5/c1-3-18(15-6-4-14(2)5-7-15)24-21(26)13-30-22(27)16-8-11-19(23-17-9-10-17)20(12-16)25(28)29/h4-8,11-12,17-18,23H,3,9-10,13H2,1-2H3,(H,24,26)/t18-/m0/s1. The number of aryl methyl sites for hydroxylation is 1. The van der Waals surface area contributed by atoms with Gasteiger partial charge in [0.25, 0.3) is 11.6 Å². The predicted molar refractivity (Wildman–Crippen MR) is 112 cm³/mol. The molecule has 8 nitrogen and oxygen atoms in total. The zero-order valence-electron chi connectivity index (χ0n) is 17.0. The van der Waals surface area contributed by atoms with Crippen LogP contribution in [0.25, 0.3) is 0 Å². The van der Waals surface area contributed by atoms with Gasteiger partial charge in [0.2, 0.25) is 0 Å². The summed E-state index contributed by atoms with van der Waals surface area (Å²) in [6.07, 6.45) is 2.62. The molecule has 158 valence electrons. The smallest absolute Gasteiger partial charge is 0.338 e. The third-order valence-corrected chi connectivity index (χ3v) is 4.92. The average Bonchev–Trinajstić information content (AvgIpc) is 3.55. The number of nitrogens with zero attached hydrogens (tertiary/aromatic N) is 1. The van der Waals surface area contributed by atoms with Gasteiger partial charge >= 0.3 is 5.97 Å². The Balaban J connectivity index is 1.58. The summed E-state index contributed by atoms with van der Waals surface area (Å²) in [6, 6.07) is 12.0. The maximum absolute atomic E-state index is 12.3. The summed E-state index contributed by atoms with van der Waals surface area (Å²) < 4.78 is 5.06. The number of carbonyl (C=O) groups excluding carboxylic acids is 2. The summed E-state index contributed by atoms with van der Waals surface area (Å²) in [7, 11) is 0. The molecule has 30 heavy (non-hydrogen) atoms. The van der Waals surface area contributed by atoms with Crippen LogP contribution in [0.15, 0.2) is 42.5 Å². The third-order valence-electron chi connectivity index (χ3n) is 4.92. The molecule has 1 saturated carbocycles. The molecule has 8 heteroatoms. The monoisotopic (exact) mass is 411 g/mol. The van der Waals surface area contributed by atoms with Gasteiger partial charge in [0.05, 0.1) is 16.5 Å². The van der Waals surface area contributed by atoms with Crippen LogP contribution in [0.5, 0.6) is 0 Å². The van der Waals surface area contributed by atoms with E-state index in [2.05, 4.69) is 10.6 Å². The lowest BCUT2D eigenvalue weighted by molar-refractivity contribution is -0.384. The minimum absolute atomic E-state index is 0.0291. The van der Waals surface area contributed by atoms with E-state index in [0.717, 1.165) is 24.0 Å². The van der Waals surface area contributed by atoms with E-state index in [9.17, 15) is 19.7 Å². The zero-order chi connectivity index (χ0) is 21.7. The van der Waals surface area contributed by atoms with Gasteiger partial charge in [-0.25, -0.2) is 4.79 Å². The number of ether oxygens (including phenoxy) is 1. The molecule has 0 spiro atoms. The van der Waals surface area contributed by atoms with Gasteiger partial charge in [-0.15, -0.1) is 0 Å². The normalized spacial score (nSPS) is 13.9. The molecule has 1 aliphatic carbocycles. The second kappa shape index (κ2) is 9.39. The highest BCUT2D eigenvalue weighted by Crippen LogP contribution is 2.31. The number of carbonyl (C=O) groups is 2. The number of esters is 1. The Morgan fingerprint density at radius 3 is 2.50 bits per heavy atom. The van der Waals surface area contributed by atoms with Gasteiger partial charge in [0.1, 0.15) is 5.69 Å². The van der Waals surface area contributed by atoms with E-state index in [0.29, 0.717) is 12.1 Å². The molecule has 0 aromatic heterocycles. The van der Waals surface area contributed by atoms with Crippen molar-refractivity contribution in [2.24, 2.45) is 0 Å². The minimum Gasteiger partial charge on any atom is -0.452 e. The molecule has 0 bridgehead atoms. The maximum Gasteiger partial charge on any atom is 0.338 e. The fourth-order valence-corrected chi connectivity index (χ4v) is 3.05. The van der Waals surface area contributed by atoms with Crippen molar-refractivity contribution in [1.29, 1.82) is 0 Å². The van der Waals surface area contributed by atoms with Gasteiger partial charge < -0.3 is 15.4 Å². The Kier molecular flexibility index (Phi) is 6.66. The Labute approximate surface area is 174 Å². The van der Waals surface area contributed by atoms with Gasteiger partial charge in [0, 0.05) is 12.1 Å². The summed E-state index contributed by atoms with van der Waals surface area (Å²) in [6.45, 7) is 3.48. The molecule has 0 heterocycles. The first kappa shape index (κ1) is 21.3. The van der Waals surface area contributed by atoms with Gasteiger partial charge in [-0.05, 0) is 43.9 Å². The zero-order valence-corrected chi connectivity index (χ0v) is 17.0.